The molecule has 0 aliphatic rings. The molecule has 0 spiro atoms. The van der Waals surface area contributed by atoms with Gasteiger partial charge in [-0.3, -0.25) is 4.39 Å². The Hall–Kier alpha value is -2.11. The summed E-state index contributed by atoms with van der Waals surface area (Å²) in [5, 5.41) is 2.33. The monoisotopic (exact) mass is 311 g/mol. The summed E-state index contributed by atoms with van der Waals surface area (Å²) < 4.78 is 22.7. The topological polar surface area (TPSA) is 64.6 Å². The Morgan fingerprint density at radius 3 is 2.41 bits per heavy atom. The molecular formula is C16H22FNO4. The number of alkyl halides is 1. The van der Waals surface area contributed by atoms with E-state index in [1.807, 2.05) is 18.2 Å². The molecule has 1 aromatic rings. The Labute approximate surface area is 129 Å². The summed E-state index contributed by atoms with van der Waals surface area (Å²) in [6.07, 6.45) is -0.935. The lowest BCUT2D eigenvalue weighted by atomic mass is 10.2. The summed E-state index contributed by atoms with van der Waals surface area (Å²) in [4.78, 5) is 23.6. The molecule has 1 amide bonds. The van der Waals surface area contributed by atoms with Gasteiger partial charge in [-0.05, 0) is 26.3 Å². The van der Waals surface area contributed by atoms with Crippen molar-refractivity contribution in [2.75, 3.05) is 6.67 Å². The maximum atomic E-state index is 12.6. The van der Waals surface area contributed by atoms with E-state index in [2.05, 4.69) is 5.32 Å². The fourth-order valence-electron chi connectivity index (χ4n) is 1.64. The summed E-state index contributed by atoms with van der Waals surface area (Å²) in [6, 6.07) is 8.03. The molecule has 0 heterocycles. The van der Waals surface area contributed by atoms with E-state index in [9.17, 15) is 14.0 Å². The van der Waals surface area contributed by atoms with Crippen molar-refractivity contribution >= 4 is 12.1 Å². The Bertz CT molecular complexity index is 485. The van der Waals surface area contributed by atoms with Crippen LogP contribution in [0.3, 0.4) is 0 Å². The van der Waals surface area contributed by atoms with Crippen LogP contribution in [0.15, 0.2) is 30.3 Å². The Morgan fingerprint density at radius 1 is 1.23 bits per heavy atom. The Balaban J connectivity index is 2.54. The quantitative estimate of drug-likeness (QED) is 0.820. The number of carbonyl (C=O) groups excluding carboxylic acids is 2. The lowest BCUT2D eigenvalue weighted by Gasteiger charge is -2.22. The average Bonchev–Trinajstić information content (AvgIpc) is 2.43. The molecule has 0 fully saturated rings. The fraction of sp³-hybridized carbons (Fsp3) is 0.500. The summed E-state index contributed by atoms with van der Waals surface area (Å²) in [7, 11) is 0. The molecule has 5 nitrogen and oxygen atoms in total. The average molecular weight is 311 g/mol. The van der Waals surface area contributed by atoms with Crippen molar-refractivity contribution in [2.45, 2.75) is 45.4 Å². The highest BCUT2D eigenvalue weighted by atomic mass is 19.1. The minimum atomic E-state index is -1.07. The number of nitrogens with one attached hydrogen (secondary N) is 1. The van der Waals surface area contributed by atoms with Crippen molar-refractivity contribution in [1.82, 2.24) is 5.32 Å². The molecule has 1 N–H and O–H groups in total. The van der Waals surface area contributed by atoms with Crippen LogP contribution in [0.5, 0.6) is 0 Å². The van der Waals surface area contributed by atoms with Crippen LogP contribution in [-0.4, -0.2) is 30.4 Å². The normalized spacial score (nSPS) is 12.4. The van der Waals surface area contributed by atoms with Crippen molar-refractivity contribution < 1.29 is 23.5 Å². The number of carbonyl (C=O) groups is 2. The van der Waals surface area contributed by atoms with Crippen molar-refractivity contribution in [3.63, 3.8) is 0 Å². The first-order valence-corrected chi connectivity index (χ1v) is 7.08. The van der Waals surface area contributed by atoms with Gasteiger partial charge in [0.2, 0.25) is 0 Å². The van der Waals surface area contributed by atoms with Crippen LogP contribution in [-0.2, 0) is 20.9 Å². The molecule has 0 aliphatic heterocycles. The first kappa shape index (κ1) is 17.9. The zero-order valence-corrected chi connectivity index (χ0v) is 13.1. The third-order valence-electron chi connectivity index (χ3n) is 2.60. The number of alkyl carbamates (subject to hydrolysis) is 1. The van der Waals surface area contributed by atoms with E-state index < -0.39 is 30.4 Å². The lowest BCUT2D eigenvalue weighted by Crippen LogP contribution is -2.44. The smallest absolute Gasteiger partial charge is 0.408 e. The SMILES string of the molecule is CC(C)(C)OC(=O)NC(CCF)C(=O)OCc1ccccc1. The third kappa shape index (κ3) is 7.06. The zero-order valence-electron chi connectivity index (χ0n) is 13.1. The summed E-state index contributed by atoms with van der Waals surface area (Å²) >= 11 is 0. The number of benzene rings is 1. The van der Waals surface area contributed by atoms with Crippen LogP contribution >= 0.6 is 0 Å². The number of esters is 1. The Kier molecular flexibility index (Phi) is 6.82. The molecule has 1 rings (SSSR count). The van der Waals surface area contributed by atoms with Crippen LogP contribution in [0.2, 0.25) is 0 Å². The van der Waals surface area contributed by atoms with E-state index in [1.165, 1.54) is 0 Å². The standard InChI is InChI=1S/C16H22FNO4/c1-16(2,3)22-15(20)18-13(9-10-17)14(19)21-11-12-7-5-4-6-8-12/h4-8,13H,9-11H2,1-3H3,(H,18,20). The molecule has 1 atom stereocenters. The van der Waals surface area contributed by atoms with Gasteiger partial charge in [-0.15, -0.1) is 0 Å². The van der Waals surface area contributed by atoms with E-state index in [-0.39, 0.29) is 13.0 Å². The fourth-order valence-corrected chi connectivity index (χ4v) is 1.64. The van der Waals surface area contributed by atoms with Crippen LogP contribution in [0.1, 0.15) is 32.8 Å². The molecule has 22 heavy (non-hydrogen) atoms. The van der Waals surface area contributed by atoms with Crippen LogP contribution < -0.4 is 5.32 Å². The van der Waals surface area contributed by atoms with Crippen LogP contribution in [0.25, 0.3) is 0 Å². The molecule has 0 aliphatic carbocycles. The zero-order chi connectivity index (χ0) is 16.6. The van der Waals surface area contributed by atoms with E-state index in [1.54, 1.807) is 32.9 Å². The van der Waals surface area contributed by atoms with Gasteiger partial charge in [0, 0.05) is 6.42 Å². The first-order chi connectivity index (χ1) is 10.3. The van der Waals surface area contributed by atoms with Gasteiger partial charge in [0.1, 0.15) is 18.2 Å². The second-order valence-corrected chi connectivity index (χ2v) is 5.77. The summed E-state index contributed by atoms with van der Waals surface area (Å²) in [5.74, 6) is -0.688. The highest BCUT2D eigenvalue weighted by molar-refractivity contribution is 5.81. The maximum Gasteiger partial charge on any atom is 0.408 e. The lowest BCUT2D eigenvalue weighted by molar-refractivity contribution is -0.147. The molecule has 122 valence electrons. The van der Waals surface area contributed by atoms with Crippen LogP contribution in [0.4, 0.5) is 9.18 Å². The van der Waals surface area contributed by atoms with Crippen molar-refractivity contribution in [1.29, 1.82) is 0 Å². The Morgan fingerprint density at radius 2 is 1.86 bits per heavy atom. The van der Waals surface area contributed by atoms with Gasteiger partial charge in [0.25, 0.3) is 0 Å². The predicted molar refractivity (Wildman–Crippen MR) is 80.0 cm³/mol. The number of rotatable bonds is 6. The molecule has 1 unspecified atom stereocenters. The number of halogens is 1. The summed E-state index contributed by atoms with van der Waals surface area (Å²) in [5.41, 5.74) is 0.116. The third-order valence-corrected chi connectivity index (χ3v) is 2.60. The van der Waals surface area contributed by atoms with Gasteiger partial charge in [-0.25, -0.2) is 9.59 Å². The minimum absolute atomic E-state index is 0.0679. The van der Waals surface area contributed by atoms with Crippen molar-refractivity contribution in [2.24, 2.45) is 0 Å². The maximum absolute atomic E-state index is 12.6. The van der Waals surface area contributed by atoms with Gasteiger partial charge in [0.15, 0.2) is 0 Å². The van der Waals surface area contributed by atoms with Gasteiger partial charge in [-0.1, -0.05) is 30.3 Å². The number of hydrogen-bond acceptors (Lipinski definition) is 4. The largest absolute Gasteiger partial charge is 0.459 e. The first-order valence-electron chi connectivity index (χ1n) is 7.08. The van der Waals surface area contributed by atoms with Crippen LogP contribution in [0, 0.1) is 0 Å². The second-order valence-electron chi connectivity index (χ2n) is 5.77. The van der Waals surface area contributed by atoms with E-state index in [0.717, 1.165) is 5.56 Å². The van der Waals surface area contributed by atoms with E-state index in [4.69, 9.17) is 9.47 Å². The molecule has 0 radical (unpaired) electrons. The summed E-state index contributed by atoms with van der Waals surface area (Å²) in [6.45, 7) is 4.42. The second kappa shape index (κ2) is 8.36. The molecule has 0 saturated carbocycles. The highest BCUT2D eigenvalue weighted by Crippen LogP contribution is 2.08. The van der Waals surface area contributed by atoms with E-state index >= 15 is 0 Å². The van der Waals surface area contributed by atoms with Gasteiger partial charge in [0.05, 0.1) is 6.67 Å². The van der Waals surface area contributed by atoms with Crippen molar-refractivity contribution in [3.05, 3.63) is 35.9 Å². The van der Waals surface area contributed by atoms with Gasteiger partial charge in [-0.2, -0.15) is 0 Å². The number of ether oxygens (including phenoxy) is 2. The molecule has 0 bridgehead atoms. The van der Waals surface area contributed by atoms with Gasteiger partial charge >= 0.3 is 12.1 Å². The molecule has 6 heteroatoms. The molecule has 0 aromatic heterocycles. The molecular weight excluding hydrogens is 289 g/mol. The number of amides is 1. The molecule has 1 aromatic carbocycles. The van der Waals surface area contributed by atoms with Crippen molar-refractivity contribution in [3.8, 4) is 0 Å². The minimum Gasteiger partial charge on any atom is -0.459 e. The van der Waals surface area contributed by atoms with Gasteiger partial charge < -0.3 is 14.8 Å². The predicted octanol–water partition coefficient (Wildman–Crippen LogP) is 2.98. The highest BCUT2D eigenvalue weighted by Gasteiger charge is 2.25. The number of hydrogen-bond donors (Lipinski definition) is 1. The molecule has 0 saturated heterocycles. The van der Waals surface area contributed by atoms with E-state index in [0.29, 0.717) is 0 Å².